The van der Waals surface area contributed by atoms with Crippen LogP contribution in [0, 0.1) is 20.2 Å². The molecule has 0 spiro atoms. The van der Waals surface area contributed by atoms with Crippen molar-refractivity contribution >= 4 is 45.3 Å². The Morgan fingerprint density at radius 2 is 1.78 bits per heavy atom. The van der Waals surface area contributed by atoms with E-state index in [-0.39, 0.29) is 11.5 Å². The quantitative estimate of drug-likeness (QED) is 0.225. The summed E-state index contributed by atoms with van der Waals surface area (Å²) in [6, 6.07) is 15.2. The summed E-state index contributed by atoms with van der Waals surface area (Å²) < 4.78 is 6.13. The van der Waals surface area contributed by atoms with Crippen LogP contribution in [-0.4, -0.2) is 33.9 Å². The highest BCUT2D eigenvalue weighted by Crippen LogP contribution is 2.34. The van der Waals surface area contributed by atoms with E-state index >= 15 is 0 Å². The van der Waals surface area contributed by atoms with Crippen LogP contribution in [0.3, 0.4) is 0 Å². The van der Waals surface area contributed by atoms with Gasteiger partial charge in [-0.1, -0.05) is 24.3 Å². The number of hydrogen-bond acceptors (Lipinski definition) is 8. The van der Waals surface area contributed by atoms with Crippen LogP contribution in [0.5, 0.6) is 11.5 Å². The molecule has 0 aliphatic heterocycles. The highest BCUT2D eigenvalue weighted by atomic mass is 79.9. The van der Waals surface area contributed by atoms with Gasteiger partial charge in [0.25, 0.3) is 17.5 Å². The van der Waals surface area contributed by atoms with Crippen LogP contribution in [0.4, 0.5) is 11.4 Å². The van der Waals surface area contributed by atoms with Crippen LogP contribution in [0.15, 0.2) is 76.3 Å². The maximum Gasteiger partial charge on any atom is 0.318 e. The molecule has 2 N–H and O–H groups in total. The molecule has 36 heavy (non-hydrogen) atoms. The fourth-order valence-electron chi connectivity index (χ4n) is 2.89. The second-order valence-electron chi connectivity index (χ2n) is 7.25. The molecular formula is C23H18BrN5O7. The van der Waals surface area contributed by atoms with E-state index in [2.05, 4.69) is 31.8 Å². The highest BCUT2D eigenvalue weighted by Gasteiger charge is 2.21. The third-order valence-electron chi connectivity index (χ3n) is 4.68. The van der Waals surface area contributed by atoms with Crippen molar-refractivity contribution in [3.05, 3.63) is 103 Å². The minimum atomic E-state index is -0.876. The second kappa shape index (κ2) is 11.7. The molecule has 13 heteroatoms. The van der Waals surface area contributed by atoms with Crippen molar-refractivity contribution in [2.75, 3.05) is 0 Å². The van der Waals surface area contributed by atoms with Crippen LogP contribution >= 0.6 is 15.9 Å². The molecule has 3 aromatic rings. The number of hydrazone groups is 1. The van der Waals surface area contributed by atoms with Crippen molar-refractivity contribution in [3.63, 3.8) is 0 Å². The minimum Gasteiger partial charge on any atom is -0.450 e. The number of non-ortho nitro benzene ring substituents is 1. The maximum atomic E-state index is 12.3. The van der Waals surface area contributed by atoms with Crippen LogP contribution in [0.1, 0.15) is 22.8 Å². The lowest BCUT2D eigenvalue weighted by atomic mass is 10.2. The number of hydrogen-bond donors (Lipinski definition) is 2. The summed E-state index contributed by atoms with van der Waals surface area (Å²) in [4.78, 5) is 45.3. The fourth-order valence-corrected chi connectivity index (χ4v) is 3.35. The summed E-state index contributed by atoms with van der Waals surface area (Å²) in [7, 11) is 0. The average molecular weight is 556 g/mol. The van der Waals surface area contributed by atoms with E-state index in [4.69, 9.17) is 4.74 Å². The lowest BCUT2D eigenvalue weighted by molar-refractivity contribution is -0.394. The van der Waals surface area contributed by atoms with Gasteiger partial charge in [0, 0.05) is 10.5 Å². The Hall–Kier alpha value is -4.65. The number of nitrogens with zero attached hydrogens (tertiary/aromatic N) is 3. The van der Waals surface area contributed by atoms with Crippen LogP contribution in [0.2, 0.25) is 0 Å². The molecule has 3 rings (SSSR count). The van der Waals surface area contributed by atoms with Crippen molar-refractivity contribution in [1.29, 1.82) is 0 Å². The zero-order valence-corrected chi connectivity index (χ0v) is 20.2. The van der Waals surface area contributed by atoms with Crippen molar-refractivity contribution in [1.82, 2.24) is 10.7 Å². The molecule has 12 nitrogen and oxygen atoms in total. The van der Waals surface area contributed by atoms with Gasteiger partial charge in [0.1, 0.15) is 11.8 Å². The van der Waals surface area contributed by atoms with Crippen molar-refractivity contribution < 1.29 is 24.2 Å². The molecule has 0 fully saturated rings. The molecule has 1 unspecified atom stereocenters. The molecular weight excluding hydrogens is 538 g/mol. The SMILES string of the molecule is CC(NC(=O)c1ccccc1Br)C(=O)NN=Cc1cccc(Oc2ccc([N+](=O)[O-])cc2[N+](=O)[O-])c1. The lowest BCUT2D eigenvalue weighted by Gasteiger charge is -2.12. The molecule has 0 radical (unpaired) electrons. The zero-order valence-electron chi connectivity index (χ0n) is 18.6. The number of nitro benzene ring substituents is 2. The minimum absolute atomic E-state index is 0.178. The van der Waals surface area contributed by atoms with Gasteiger partial charge in [0.2, 0.25) is 5.75 Å². The van der Waals surface area contributed by atoms with Crippen LogP contribution in [0.25, 0.3) is 0 Å². The first kappa shape index (κ1) is 26.0. The molecule has 0 saturated carbocycles. The monoisotopic (exact) mass is 555 g/mol. The maximum absolute atomic E-state index is 12.3. The number of benzene rings is 3. The third kappa shape index (κ3) is 6.70. The Bertz CT molecular complexity index is 1360. The number of carbonyl (C=O) groups excluding carboxylic acids is 2. The molecule has 0 bridgehead atoms. The Morgan fingerprint density at radius 1 is 1.03 bits per heavy atom. The number of carbonyl (C=O) groups is 2. The molecule has 0 aliphatic rings. The average Bonchev–Trinajstić information content (AvgIpc) is 2.84. The molecule has 0 heterocycles. The Morgan fingerprint density at radius 3 is 2.47 bits per heavy atom. The second-order valence-corrected chi connectivity index (χ2v) is 8.10. The fraction of sp³-hybridized carbons (Fsp3) is 0.0870. The predicted octanol–water partition coefficient (Wildman–Crippen LogP) is 4.33. The number of halogens is 1. The predicted molar refractivity (Wildman–Crippen MR) is 133 cm³/mol. The summed E-state index contributed by atoms with van der Waals surface area (Å²) in [6.07, 6.45) is 1.32. The number of nitrogens with one attached hydrogen (secondary N) is 2. The van der Waals surface area contributed by atoms with Crippen molar-refractivity contribution in [2.45, 2.75) is 13.0 Å². The largest absolute Gasteiger partial charge is 0.450 e. The molecule has 2 amide bonds. The summed E-state index contributed by atoms with van der Waals surface area (Å²) in [5.41, 5.74) is 2.19. The Labute approximate surface area is 212 Å². The van der Waals surface area contributed by atoms with Gasteiger partial charge in [-0.3, -0.25) is 29.8 Å². The van der Waals surface area contributed by atoms with Crippen LogP contribution in [-0.2, 0) is 4.79 Å². The van der Waals surface area contributed by atoms with Gasteiger partial charge < -0.3 is 10.1 Å². The Kier molecular flexibility index (Phi) is 8.41. The number of nitro groups is 2. The first-order valence-electron chi connectivity index (χ1n) is 10.2. The van der Waals surface area contributed by atoms with Gasteiger partial charge >= 0.3 is 5.69 Å². The van der Waals surface area contributed by atoms with E-state index in [1.54, 1.807) is 36.4 Å². The highest BCUT2D eigenvalue weighted by molar-refractivity contribution is 9.10. The molecule has 0 saturated heterocycles. The third-order valence-corrected chi connectivity index (χ3v) is 5.38. The van der Waals surface area contributed by atoms with E-state index in [1.165, 1.54) is 25.3 Å². The van der Waals surface area contributed by atoms with Gasteiger partial charge in [-0.25, -0.2) is 5.43 Å². The summed E-state index contributed by atoms with van der Waals surface area (Å²) in [5, 5.41) is 28.6. The lowest BCUT2D eigenvalue weighted by Crippen LogP contribution is -2.43. The molecule has 184 valence electrons. The summed E-state index contributed by atoms with van der Waals surface area (Å²) >= 11 is 3.28. The molecule has 1 atom stereocenters. The Balaban J connectivity index is 1.63. The summed E-state index contributed by atoms with van der Waals surface area (Å²) in [5.74, 6) is -0.959. The zero-order chi connectivity index (χ0) is 26.2. The van der Waals surface area contributed by atoms with E-state index in [0.717, 1.165) is 18.2 Å². The van der Waals surface area contributed by atoms with E-state index in [0.29, 0.717) is 15.6 Å². The van der Waals surface area contributed by atoms with E-state index in [1.807, 2.05) is 0 Å². The number of amides is 2. The van der Waals surface area contributed by atoms with Gasteiger partial charge in [0.15, 0.2) is 0 Å². The van der Waals surface area contributed by atoms with E-state index in [9.17, 15) is 29.8 Å². The molecule has 0 aliphatic carbocycles. The molecule has 0 aromatic heterocycles. The first-order chi connectivity index (χ1) is 17.2. The standard InChI is InChI=1S/C23H18BrN5O7/c1-14(26-23(31)18-7-2-3-8-19(18)24)22(30)27-25-13-15-5-4-6-17(11-15)36-21-10-9-16(28(32)33)12-20(21)29(34)35/h2-14H,1H3,(H,26,31)(H,27,30). The van der Waals surface area contributed by atoms with E-state index < -0.39 is 39.1 Å². The van der Waals surface area contributed by atoms with Gasteiger partial charge in [-0.2, -0.15) is 5.10 Å². The topological polar surface area (TPSA) is 166 Å². The van der Waals surface area contributed by atoms with Gasteiger partial charge in [-0.15, -0.1) is 0 Å². The molecule has 3 aromatic carbocycles. The smallest absolute Gasteiger partial charge is 0.318 e. The number of rotatable bonds is 9. The first-order valence-corrected chi connectivity index (χ1v) is 11.0. The van der Waals surface area contributed by atoms with Crippen molar-refractivity contribution in [2.24, 2.45) is 5.10 Å². The van der Waals surface area contributed by atoms with Gasteiger partial charge in [0.05, 0.1) is 27.7 Å². The normalized spacial score (nSPS) is 11.5. The summed E-state index contributed by atoms with van der Waals surface area (Å²) in [6.45, 7) is 1.51. The van der Waals surface area contributed by atoms with Gasteiger partial charge in [-0.05, 0) is 58.7 Å². The van der Waals surface area contributed by atoms with Crippen LogP contribution < -0.4 is 15.5 Å². The number of ether oxygens (including phenoxy) is 1. The van der Waals surface area contributed by atoms with Crippen molar-refractivity contribution in [3.8, 4) is 11.5 Å².